The number of hydrogen-bond donors (Lipinski definition) is 1. The zero-order valence-corrected chi connectivity index (χ0v) is 7.40. The predicted molar refractivity (Wildman–Crippen MR) is 50.2 cm³/mol. The maximum atomic E-state index is 9.11. The molecule has 0 atom stereocenters. The molecule has 1 N–H and O–H groups in total. The van der Waals surface area contributed by atoms with E-state index in [1.807, 2.05) is 30.0 Å². The molecule has 0 spiro atoms. The van der Waals surface area contributed by atoms with Gasteiger partial charge >= 0.3 is 0 Å². The summed E-state index contributed by atoms with van der Waals surface area (Å²) in [4.78, 5) is 0. The van der Waals surface area contributed by atoms with Gasteiger partial charge in [-0.2, -0.15) is 11.8 Å². The lowest BCUT2D eigenvalue weighted by Gasteiger charge is -1.98. The van der Waals surface area contributed by atoms with E-state index >= 15 is 0 Å². The number of benzene rings is 1. The second-order valence-corrected chi connectivity index (χ2v) is 3.40. The molecule has 0 aromatic heterocycles. The van der Waals surface area contributed by atoms with Crippen molar-refractivity contribution in [3.63, 3.8) is 0 Å². The lowest BCUT2D eigenvalue weighted by molar-refractivity contribution is 0.474. The van der Waals surface area contributed by atoms with E-state index in [2.05, 4.69) is 6.26 Å². The van der Waals surface area contributed by atoms with Gasteiger partial charge in [-0.3, -0.25) is 0 Å². The minimum Gasteiger partial charge on any atom is -0.508 e. The van der Waals surface area contributed by atoms with Crippen LogP contribution in [0.15, 0.2) is 24.3 Å². The summed E-state index contributed by atoms with van der Waals surface area (Å²) in [7, 11) is 0. The van der Waals surface area contributed by atoms with Crippen molar-refractivity contribution in [1.29, 1.82) is 0 Å². The van der Waals surface area contributed by atoms with Crippen molar-refractivity contribution in [3.05, 3.63) is 29.8 Å². The fourth-order valence-corrected chi connectivity index (χ4v) is 1.37. The van der Waals surface area contributed by atoms with Gasteiger partial charge in [0.05, 0.1) is 0 Å². The van der Waals surface area contributed by atoms with E-state index in [4.69, 9.17) is 5.11 Å². The van der Waals surface area contributed by atoms with Gasteiger partial charge in [0.15, 0.2) is 0 Å². The molecule has 0 saturated heterocycles. The van der Waals surface area contributed by atoms with Crippen LogP contribution in [0.2, 0.25) is 0 Å². The molecule has 1 nitrogen and oxygen atoms in total. The van der Waals surface area contributed by atoms with Crippen LogP contribution in [0.5, 0.6) is 5.75 Å². The Morgan fingerprint density at radius 2 is 2.27 bits per heavy atom. The molecule has 0 heterocycles. The zero-order chi connectivity index (χ0) is 8.10. The van der Waals surface area contributed by atoms with Gasteiger partial charge in [-0.05, 0) is 36.1 Å². The summed E-state index contributed by atoms with van der Waals surface area (Å²) >= 11 is 1.82. The normalized spacial score (nSPS) is 9.91. The Bertz CT molecular complexity index is 223. The third-order valence-corrected chi connectivity index (χ3v) is 2.12. The Kier molecular flexibility index (Phi) is 3.30. The van der Waals surface area contributed by atoms with E-state index in [0.29, 0.717) is 5.75 Å². The van der Waals surface area contributed by atoms with Crippen LogP contribution < -0.4 is 0 Å². The summed E-state index contributed by atoms with van der Waals surface area (Å²) in [5.74, 6) is 1.48. The number of hydrogen-bond acceptors (Lipinski definition) is 2. The van der Waals surface area contributed by atoms with E-state index in [9.17, 15) is 0 Å². The molecule has 0 radical (unpaired) electrons. The molecule has 11 heavy (non-hydrogen) atoms. The molecule has 1 aromatic rings. The first-order chi connectivity index (χ1) is 5.33. The number of phenols is 1. The van der Waals surface area contributed by atoms with Crippen LogP contribution in [0.25, 0.3) is 0 Å². The van der Waals surface area contributed by atoms with Gasteiger partial charge in [-0.1, -0.05) is 12.1 Å². The molecule has 0 unspecified atom stereocenters. The van der Waals surface area contributed by atoms with Gasteiger partial charge in [-0.25, -0.2) is 0 Å². The quantitative estimate of drug-likeness (QED) is 0.747. The Morgan fingerprint density at radius 3 is 2.91 bits per heavy atom. The number of thioether (sulfide) groups is 1. The van der Waals surface area contributed by atoms with Crippen molar-refractivity contribution < 1.29 is 5.11 Å². The standard InChI is InChI=1S/C9H12OS/c1-11-6-5-8-3-2-4-9(10)7-8/h2-4,7,10H,5-6H2,1H3. The molecule has 0 aliphatic rings. The molecule has 0 bridgehead atoms. The first-order valence-electron chi connectivity index (χ1n) is 3.60. The molecule has 60 valence electrons. The van der Waals surface area contributed by atoms with Gasteiger partial charge < -0.3 is 5.11 Å². The fourth-order valence-electron chi connectivity index (χ4n) is 0.932. The summed E-state index contributed by atoms with van der Waals surface area (Å²) < 4.78 is 0. The largest absolute Gasteiger partial charge is 0.508 e. The number of rotatable bonds is 3. The van der Waals surface area contributed by atoms with E-state index in [-0.39, 0.29) is 0 Å². The van der Waals surface area contributed by atoms with Crippen LogP contribution in [0.3, 0.4) is 0 Å². The van der Waals surface area contributed by atoms with Crippen molar-refractivity contribution in [2.45, 2.75) is 6.42 Å². The van der Waals surface area contributed by atoms with Gasteiger partial charge in [0, 0.05) is 0 Å². The second-order valence-electron chi connectivity index (χ2n) is 2.41. The average molecular weight is 168 g/mol. The fraction of sp³-hybridized carbons (Fsp3) is 0.333. The minimum absolute atomic E-state index is 0.364. The average Bonchev–Trinajstić information content (AvgIpc) is 2.01. The Hall–Kier alpha value is -0.630. The highest BCUT2D eigenvalue weighted by molar-refractivity contribution is 7.98. The summed E-state index contributed by atoms with van der Waals surface area (Å²) in [6.45, 7) is 0. The van der Waals surface area contributed by atoms with Gasteiger partial charge in [0.2, 0.25) is 0 Å². The van der Waals surface area contributed by atoms with Gasteiger partial charge in [0.25, 0.3) is 0 Å². The lowest BCUT2D eigenvalue weighted by atomic mass is 10.2. The topological polar surface area (TPSA) is 20.2 Å². The van der Waals surface area contributed by atoms with E-state index in [1.165, 1.54) is 5.56 Å². The van der Waals surface area contributed by atoms with Crippen LogP contribution in [0, 0.1) is 0 Å². The number of aromatic hydroxyl groups is 1. The molecule has 0 amide bonds. The summed E-state index contributed by atoms with van der Waals surface area (Å²) in [5.41, 5.74) is 1.21. The molecule has 0 aliphatic heterocycles. The summed E-state index contributed by atoms with van der Waals surface area (Å²) in [6, 6.07) is 7.43. The SMILES string of the molecule is CSCCc1cccc(O)c1. The maximum Gasteiger partial charge on any atom is 0.115 e. The van der Waals surface area contributed by atoms with Crippen molar-refractivity contribution in [2.75, 3.05) is 12.0 Å². The Labute approximate surface area is 71.4 Å². The van der Waals surface area contributed by atoms with Gasteiger partial charge in [0.1, 0.15) is 5.75 Å². The highest BCUT2D eigenvalue weighted by atomic mass is 32.2. The molecule has 1 aromatic carbocycles. The first kappa shape index (κ1) is 8.47. The van der Waals surface area contributed by atoms with Crippen molar-refractivity contribution in [3.8, 4) is 5.75 Å². The third-order valence-electron chi connectivity index (χ3n) is 1.51. The van der Waals surface area contributed by atoms with Crippen molar-refractivity contribution in [2.24, 2.45) is 0 Å². The molecular formula is C9H12OS. The van der Waals surface area contributed by atoms with E-state index in [1.54, 1.807) is 6.07 Å². The van der Waals surface area contributed by atoms with Crippen molar-refractivity contribution in [1.82, 2.24) is 0 Å². The van der Waals surface area contributed by atoms with Crippen LogP contribution in [0.4, 0.5) is 0 Å². The summed E-state index contributed by atoms with van der Waals surface area (Å²) in [6.07, 6.45) is 3.12. The Morgan fingerprint density at radius 1 is 1.45 bits per heavy atom. The van der Waals surface area contributed by atoms with Crippen LogP contribution in [-0.4, -0.2) is 17.1 Å². The minimum atomic E-state index is 0.364. The number of aryl methyl sites for hydroxylation is 1. The molecule has 0 aliphatic carbocycles. The molecule has 0 saturated carbocycles. The highest BCUT2D eigenvalue weighted by Gasteiger charge is 1.92. The van der Waals surface area contributed by atoms with Crippen LogP contribution >= 0.6 is 11.8 Å². The monoisotopic (exact) mass is 168 g/mol. The Balaban J connectivity index is 2.56. The molecule has 0 fully saturated rings. The number of phenolic OH excluding ortho intramolecular Hbond substituents is 1. The summed E-state index contributed by atoms with van der Waals surface area (Å²) in [5, 5.41) is 9.11. The zero-order valence-electron chi connectivity index (χ0n) is 6.58. The first-order valence-corrected chi connectivity index (χ1v) is 4.99. The second kappa shape index (κ2) is 4.29. The molecule has 1 rings (SSSR count). The van der Waals surface area contributed by atoms with E-state index in [0.717, 1.165) is 12.2 Å². The molecule has 2 heteroatoms. The van der Waals surface area contributed by atoms with Crippen LogP contribution in [-0.2, 0) is 6.42 Å². The highest BCUT2D eigenvalue weighted by Crippen LogP contribution is 2.12. The van der Waals surface area contributed by atoms with E-state index < -0.39 is 0 Å². The third kappa shape index (κ3) is 2.85. The predicted octanol–water partition coefficient (Wildman–Crippen LogP) is 2.30. The van der Waals surface area contributed by atoms with Crippen molar-refractivity contribution >= 4 is 11.8 Å². The molecular weight excluding hydrogens is 156 g/mol. The van der Waals surface area contributed by atoms with Crippen LogP contribution in [0.1, 0.15) is 5.56 Å². The maximum absolute atomic E-state index is 9.11. The van der Waals surface area contributed by atoms with Gasteiger partial charge in [-0.15, -0.1) is 0 Å². The lowest BCUT2D eigenvalue weighted by Crippen LogP contribution is -1.86. The smallest absolute Gasteiger partial charge is 0.115 e.